The molecule has 1 unspecified atom stereocenters. The van der Waals surface area contributed by atoms with Crippen molar-refractivity contribution in [1.29, 1.82) is 0 Å². The summed E-state index contributed by atoms with van der Waals surface area (Å²) in [7, 11) is 3.96. The molecule has 0 aliphatic carbocycles. The quantitative estimate of drug-likeness (QED) is 0.707. The van der Waals surface area contributed by atoms with Gasteiger partial charge in [0.05, 0.1) is 0 Å². The van der Waals surface area contributed by atoms with Crippen molar-refractivity contribution in [3.05, 3.63) is 0 Å². The number of rotatable bonds is 5. The van der Waals surface area contributed by atoms with Crippen molar-refractivity contribution in [3.63, 3.8) is 0 Å². The molecule has 1 fully saturated rings. The second kappa shape index (κ2) is 7.20. The zero-order valence-corrected chi connectivity index (χ0v) is 11.2. The van der Waals surface area contributed by atoms with E-state index in [0.29, 0.717) is 19.5 Å². The fourth-order valence-electron chi connectivity index (χ4n) is 2.12. The number of likely N-dealkylation sites (tertiary alicyclic amines) is 1. The largest absolute Gasteiger partial charge is 0.480 e. The van der Waals surface area contributed by atoms with E-state index in [9.17, 15) is 9.59 Å². The molecule has 104 valence electrons. The zero-order valence-electron chi connectivity index (χ0n) is 11.2. The minimum absolute atomic E-state index is 0.249. The first kappa shape index (κ1) is 14.8. The van der Waals surface area contributed by atoms with E-state index in [1.54, 1.807) is 0 Å². The van der Waals surface area contributed by atoms with E-state index in [-0.39, 0.29) is 6.03 Å². The van der Waals surface area contributed by atoms with Gasteiger partial charge in [0, 0.05) is 13.1 Å². The van der Waals surface area contributed by atoms with Crippen LogP contribution < -0.4 is 5.32 Å². The molecule has 2 N–H and O–H groups in total. The number of aliphatic carboxylic acids is 1. The Morgan fingerprint density at radius 2 is 2.11 bits per heavy atom. The molecule has 1 rings (SSSR count). The molecular weight excluding hydrogens is 234 g/mol. The number of carbonyl (C=O) groups excluding carboxylic acids is 1. The number of hydrogen-bond donors (Lipinski definition) is 2. The number of piperidine rings is 1. The Morgan fingerprint density at radius 1 is 1.39 bits per heavy atom. The minimum atomic E-state index is -0.904. The van der Waals surface area contributed by atoms with Crippen LogP contribution in [0, 0.1) is 0 Å². The lowest BCUT2D eigenvalue weighted by atomic mass is 10.0. The maximum Gasteiger partial charge on any atom is 0.326 e. The second-order valence-electron chi connectivity index (χ2n) is 4.93. The Morgan fingerprint density at radius 3 is 2.72 bits per heavy atom. The molecule has 1 aliphatic heterocycles. The summed E-state index contributed by atoms with van der Waals surface area (Å²) in [4.78, 5) is 26.5. The van der Waals surface area contributed by atoms with Crippen LogP contribution in [0.15, 0.2) is 0 Å². The monoisotopic (exact) mass is 257 g/mol. The van der Waals surface area contributed by atoms with Crippen LogP contribution in [0.4, 0.5) is 4.79 Å². The van der Waals surface area contributed by atoms with E-state index in [2.05, 4.69) is 5.32 Å². The lowest BCUT2D eigenvalue weighted by Gasteiger charge is -2.32. The molecular formula is C12H23N3O3. The van der Waals surface area contributed by atoms with Crippen molar-refractivity contribution in [2.75, 3.05) is 33.7 Å². The molecule has 1 aliphatic rings. The molecule has 6 nitrogen and oxygen atoms in total. The van der Waals surface area contributed by atoms with Gasteiger partial charge in [-0.1, -0.05) is 0 Å². The summed E-state index contributed by atoms with van der Waals surface area (Å²) < 4.78 is 0. The van der Waals surface area contributed by atoms with Gasteiger partial charge in [-0.25, -0.2) is 9.59 Å². The molecule has 1 atom stereocenters. The van der Waals surface area contributed by atoms with Gasteiger partial charge in [0.1, 0.15) is 6.04 Å². The average molecular weight is 257 g/mol. The fraction of sp³-hybridized carbons (Fsp3) is 0.833. The van der Waals surface area contributed by atoms with Crippen LogP contribution >= 0.6 is 0 Å². The maximum atomic E-state index is 11.9. The third-order valence-corrected chi connectivity index (χ3v) is 3.11. The third kappa shape index (κ3) is 4.52. The van der Waals surface area contributed by atoms with Crippen molar-refractivity contribution in [3.8, 4) is 0 Å². The number of urea groups is 1. The number of hydrogen-bond acceptors (Lipinski definition) is 3. The highest BCUT2D eigenvalue weighted by atomic mass is 16.4. The van der Waals surface area contributed by atoms with Gasteiger partial charge in [0.15, 0.2) is 0 Å². The van der Waals surface area contributed by atoms with E-state index < -0.39 is 12.0 Å². The number of nitrogens with one attached hydrogen (secondary N) is 1. The van der Waals surface area contributed by atoms with Crippen LogP contribution in [0.1, 0.15) is 25.7 Å². The first-order valence-electron chi connectivity index (χ1n) is 6.44. The van der Waals surface area contributed by atoms with Crippen LogP contribution in [0.25, 0.3) is 0 Å². The molecule has 2 amide bonds. The van der Waals surface area contributed by atoms with Crippen molar-refractivity contribution >= 4 is 12.0 Å². The van der Waals surface area contributed by atoms with Gasteiger partial charge in [0.25, 0.3) is 0 Å². The van der Waals surface area contributed by atoms with Gasteiger partial charge < -0.3 is 20.2 Å². The Hall–Kier alpha value is -1.30. The van der Waals surface area contributed by atoms with Crippen LogP contribution in [0.2, 0.25) is 0 Å². The molecule has 6 heteroatoms. The second-order valence-corrected chi connectivity index (χ2v) is 4.93. The molecule has 0 saturated carbocycles. The van der Waals surface area contributed by atoms with Gasteiger partial charge in [-0.05, 0) is 46.3 Å². The molecule has 0 radical (unpaired) electrons. The van der Waals surface area contributed by atoms with E-state index in [4.69, 9.17) is 5.11 Å². The molecule has 0 bridgehead atoms. The Kier molecular flexibility index (Phi) is 5.91. The number of amides is 2. The van der Waals surface area contributed by atoms with Crippen molar-refractivity contribution < 1.29 is 14.7 Å². The number of nitrogens with zero attached hydrogens (tertiary/aromatic N) is 2. The van der Waals surface area contributed by atoms with E-state index in [1.165, 1.54) is 4.90 Å². The summed E-state index contributed by atoms with van der Waals surface area (Å²) in [5.74, 6) is -0.904. The SMILES string of the molecule is CN(C)CCCNC(=O)N1CCCCC1C(=O)O. The molecule has 18 heavy (non-hydrogen) atoms. The normalized spacial score (nSPS) is 19.9. The van der Waals surface area contributed by atoms with Gasteiger partial charge in [-0.3, -0.25) is 0 Å². The predicted molar refractivity (Wildman–Crippen MR) is 68.6 cm³/mol. The molecule has 0 spiro atoms. The Bertz CT molecular complexity index is 294. The lowest BCUT2D eigenvalue weighted by Crippen LogP contribution is -2.52. The van der Waals surface area contributed by atoms with E-state index in [0.717, 1.165) is 25.8 Å². The van der Waals surface area contributed by atoms with Crippen molar-refractivity contribution in [2.45, 2.75) is 31.7 Å². The summed E-state index contributed by atoms with van der Waals surface area (Å²) >= 11 is 0. The topological polar surface area (TPSA) is 72.9 Å². The summed E-state index contributed by atoms with van der Waals surface area (Å²) in [6.07, 6.45) is 3.18. The first-order chi connectivity index (χ1) is 8.52. The van der Waals surface area contributed by atoms with E-state index >= 15 is 0 Å². The minimum Gasteiger partial charge on any atom is -0.480 e. The predicted octanol–water partition coefficient (Wildman–Crippen LogP) is 0.587. The van der Waals surface area contributed by atoms with Crippen molar-refractivity contribution in [2.24, 2.45) is 0 Å². The van der Waals surface area contributed by atoms with Crippen LogP contribution in [0.3, 0.4) is 0 Å². The smallest absolute Gasteiger partial charge is 0.326 e. The summed E-state index contributed by atoms with van der Waals surface area (Å²) in [5, 5.41) is 11.9. The highest BCUT2D eigenvalue weighted by Gasteiger charge is 2.31. The number of carboxylic acid groups (broad SMARTS) is 1. The van der Waals surface area contributed by atoms with Gasteiger partial charge in [-0.15, -0.1) is 0 Å². The first-order valence-corrected chi connectivity index (χ1v) is 6.44. The highest BCUT2D eigenvalue weighted by Crippen LogP contribution is 2.17. The van der Waals surface area contributed by atoms with E-state index in [1.807, 2.05) is 19.0 Å². The molecule has 1 saturated heterocycles. The standard InChI is InChI=1S/C12H23N3O3/c1-14(2)8-5-7-13-12(18)15-9-4-3-6-10(15)11(16)17/h10H,3-9H2,1-2H3,(H,13,18)(H,16,17). The third-order valence-electron chi connectivity index (χ3n) is 3.11. The summed E-state index contributed by atoms with van der Waals surface area (Å²) in [5.41, 5.74) is 0. The van der Waals surface area contributed by atoms with Crippen LogP contribution in [-0.2, 0) is 4.79 Å². The highest BCUT2D eigenvalue weighted by molar-refractivity contribution is 5.82. The molecule has 0 aromatic carbocycles. The van der Waals surface area contributed by atoms with Gasteiger partial charge >= 0.3 is 12.0 Å². The fourth-order valence-corrected chi connectivity index (χ4v) is 2.12. The molecule has 0 aromatic heterocycles. The Balaban J connectivity index is 2.36. The van der Waals surface area contributed by atoms with Gasteiger partial charge in [0.2, 0.25) is 0 Å². The van der Waals surface area contributed by atoms with Crippen LogP contribution in [0.5, 0.6) is 0 Å². The summed E-state index contributed by atoms with van der Waals surface area (Å²) in [6, 6.07) is -0.909. The number of carboxylic acids is 1. The zero-order chi connectivity index (χ0) is 13.5. The Labute approximate surface area is 108 Å². The average Bonchev–Trinajstić information content (AvgIpc) is 2.34. The van der Waals surface area contributed by atoms with Gasteiger partial charge in [-0.2, -0.15) is 0 Å². The lowest BCUT2D eigenvalue weighted by molar-refractivity contribution is -0.143. The maximum absolute atomic E-state index is 11.9. The number of carbonyl (C=O) groups is 2. The van der Waals surface area contributed by atoms with Crippen molar-refractivity contribution in [1.82, 2.24) is 15.1 Å². The molecule has 0 aromatic rings. The van der Waals surface area contributed by atoms with Crippen LogP contribution in [-0.4, -0.2) is 66.7 Å². The molecule has 1 heterocycles. The summed E-state index contributed by atoms with van der Waals surface area (Å²) in [6.45, 7) is 2.03.